The van der Waals surface area contributed by atoms with Gasteiger partial charge in [0.15, 0.2) is 5.96 Å². The van der Waals surface area contributed by atoms with Gasteiger partial charge in [-0.3, -0.25) is 14.8 Å². The fraction of sp³-hybridized carbons (Fsp3) is 0.400. The van der Waals surface area contributed by atoms with Gasteiger partial charge in [0.05, 0.1) is 18.4 Å². The fourth-order valence-electron chi connectivity index (χ4n) is 2.06. The van der Waals surface area contributed by atoms with Crippen molar-refractivity contribution in [2.45, 2.75) is 19.9 Å². The molecule has 0 saturated carbocycles. The third kappa shape index (κ3) is 7.03. The van der Waals surface area contributed by atoms with Crippen LogP contribution in [0.2, 0.25) is 0 Å². The lowest BCUT2D eigenvalue weighted by atomic mass is 10.4. The molecular weight excluding hydrogens is 435 g/mol. The monoisotopic (exact) mass is 458 g/mol. The Morgan fingerprint density at radius 2 is 2.20 bits per heavy atom. The van der Waals surface area contributed by atoms with Gasteiger partial charge in [-0.25, -0.2) is 0 Å². The molecule has 0 aliphatic heterocycles. The first-order valence-corrected chi connectivity index (χ1v) is 7.74. The van der Waals surface area contributed by atoms with Crippen LogP contribution in [0.4, 0.5) is 5.69 Å². The highest BCUT2D eigenvalue weighted by atomic mass is 127. The van der Waals surface area contributed by atoms with E-state index in [0.717, 1.165) is 18.8 Å². The van der Waals surface area contributed by atoms with Gasteiger partial charge in [-0.15, -0.1) is 34.2 Å². The Kier molecular flexibility index (Phi) is 9.43. The summed E-state index contributed by atoms with van der Waals surface area (Å²) >= 11 is 0. The van der Waals surface area contributed by atoms with Crippen molar-refractivity contribution in [3.63, 3.8) is 0 Å². The van der Waals surface area contributed by atoms with E-state index in [9.17, 15) is 4.79 Å². The molecule has 1 amide bonds. The van der Waals surface area contributed by atoms with Crippen molar-refractivity contribution >= 4 is 41.5 Å². The first-order valence-electron chi connectivity index (χ1n) is 7.74. The highest BCUT2D eigenvalue weighted by Crippen LogP contribution is 2.01. The second-order valence-electron chi connectivity index (χ2n) is 4.94. The van der Waals surface area contributed by atoms with Crippen molar-refractivity contribution in [1.29, 1.82) is 0 Å². The largest absolute Gasteiger partial charge is 0.355 e. The molecule has 9 nitrogen and oxygen atoms in total. The molecule has 2 aromatic heterocycles. The summed E-state index contributed by atoms with van der Waals surface area (Å²) in [4.78, 5) is 19.9. The predicted molar refractivity (Wildman–Crippen MR) is 107 cm³/mol. The van der Waals surface area contributed by atoms with Gasteiger partial charge in [0, 0.05) is 32.8 Å². The maximum Gasteiger partial charge on any atom is 0.243 e. The average molecular weight is 458 g/mol. The Morgan fingerprint density at radius 1 is 1.36 bits per heavy atom. The first-order chi connectivity index (χ1) is 11.7. The van der Waals surface area contributed by atoms with Crippen LogP contribution in [-0.4, -0.2) is 51.8 Å². The van der Waals surface area contributed by atoms with Crippen molar-refractivity contribution in [3.05, 3.63) is 36.7 Å². The number of carbonyl (C=O) groups excluding carboxylic acids is 1. The number of aryl methyl sites for hydroxylation is 1. The number of hydrogen-bond acceptors (Lipinski definition) is 5. The number of aromatic nitrogens is 4. The van der Waals surface area contributed by atoms with Crippen molar-refractivity contribution in [2.24, 2.45) is 4.99 Å². The summed E-state index contributed by atoms with van der Waals surface area (Å²) in [5, 5.41) is 16.8. The van der Waals surface area contributed by atoms with E-state index >= 15 is 0 Å². The minimum Gasteiger partial charge on any atom is -0.355 e. The first kappa shape index (κ1) is 20.8. The molecule has 136 valence electrons. The fourth-order valence-corrected chi connectivity index (χ4v) is 2.06. The van der Waals surface area contributed by atoms with Gasteiger partial charge in [-0.05, 0) is 12.1 Å². The molecule has 2 rings (SSSR count). The Hall–Kier alpha value is -2.24. The zero-order valence-corrected chi connectivity index (χ0v) is 16.6. The molecule has 2 aromatic rings. The SMILES string of the molecule is CCc1nncn1CCNC(=NC)NCC(=O)Nc1cccnc1.I. The molecule has 0 aromatic carbocycles. The standard InChI is InChI=1S/C15H22N8O.HI/c1-3-13-22-20-11-23(13)8-7-18-15(16-2)19-10-14(24)21-12-5-4-6-17-9-12;/h4-6,9,11H,3,7-8,10H2,1-2H3,(H,21,24)(H2,16,18,19);1H. The molecular formula is C15H23IN8O. The molecule has 0 bridgehead atoms. The maximum atomic E-state index is 11.9. The van der Waals surface area contributed by atoms with Crippen LogP contribution < -0.4 is 16.0 Å². The van der Waals surface area contributed by atoms with Gasteiger partial charge in [-0.1, -0.05) is 6.92 Å². The maximum absolute atomic E-state index is 11.9. The third-order valence-corrected chi connectivity index (χ3v) is 3.24. The summed E-state index contributed by atoms with van der Waals surface area (Å²) in [6, 6.07) is 3.54. The molecule has 0 atom stereocenters. The van der Waals surface area contributed by atoms with Crippen LogP contribution >= 0.6 is 24.0 Å². The molecule has 0 radical (unpaired) electrons. The second-order valence-corrected chi connectivity index (χ2v) is 4.94. The molecule has 0 aliphatic carbocycles. The third-order valence-electron chi connectivity index (χ3n) is 3.24. The van der Waals surface area contributed by atoms with Gasteiger partial charge in [0.2, 0.25) is 5.91 Å². The number of nitrogens with one attached hydrogen (secondary N) is 3. The van der Waals surface area contributed by atoms with E-state index < -0.39 is 0 Å². The highest BCUT2D eigenvalue weighted by molar-refractivity contribution is 14.0. The van der Waals surface area contributed by atoms with Crippen molar-refractivity contribution in [3.8, 4) is 0 Å². The Balaban J connectivity index is 0.00000312. The van der Waals surface area contributed by atoms with E-state index in [-0.39, 0.29) is 36.4 Å². The summed E-state index contributed by atoms with van der Waals surface area (Å²) in [7, 11) is 1.66. The molecule has 0 spiro atoms. The smallest absolute Gasteiger partial charge is 0.243 e. The van der Waals surface area contributed by atoms with Crippen molar-refractivity contribution in [2.75, 3.05) is 25.5 Å². The predicted octanol–water partition coefficient (Wildman–Crippen LogP) is 0.657. The van der Waals surface area contributed by atoms with Crippen LogP contribution in [0.5, 0.6) is 0 Å². The summed E-state index contributed by atoms with van der Waals surface area (Å²) in [5.74, 6) is 1.33. The van der Waals surface area contributed by atoms with Gasteiger partial charge in [0.1, 0.15) is 12.2 Å². The van der Waals surface area contributed by atoms with Gasteiger partial charge in [0.25, 0.3) is 0 Å². The number of hydrogen-bond donors (Lipinski definition) is 3. The van der Waals surface area contributed by atoms with Gasteiger partial charge >= 0.3 is 0 Å². The normalized spacial score (nSPS) is 10.7. The van der Waals surface area contributed by atoms with Crippen molar-refractivity contribution in [1.82, 2.24) is 30.4 Å². The minimum absolute atomic E-state index is 0. The number of rotatable bonds is 7. The Bertz CT molecular complexity index is 673. The molecule has 0 saturated heterocycles. The Labute approximate surface area is 163 Å². The number of nitrogens with zero attached hydrogens (tertiary/aromatic N) is 5. The molecule has 0 aliphatic rings. The highest BCUT2D eigenvalue weighted by Gasteiger charge is 2.05. The van der Waals surface area contributed by atoms with Gasteiger partial charge in [-0.2, -0.15) is 0 Å². The quantitative estimate of drug-likeness (QED) is 0.320. The van der Waals surface area contributed by atoms with Gasteiger partial charge < -0.3 is 20.5 Å². The number of halogens is 1. The molecule has 2 heterocycles. The lowest BCUT2D eigenvalue weighted by molar-refractivity contribution is -0.115. The topological polar surface area (TPSA) is 109 Å². The number of anilines is 1. The zero-order valence-electron chi connectivity index (χ0n) is 14.3. The number of amides is 1. The zero-order chi connectivity index (χ0) is 17.2. The van der Waals surface area contributed by atoms with Crippen LogP contribution in [0.3, 0.4) is 0 Å². The summed E-state index contributed by atoms with van der Waals surface area (Å²) in [5.41, 5.74) is 0.659. The van der Waals surface area contributed by atoms with Crippen LogP contribution in [-0.2, 0) is 17.8 Å². The van der Waals surface area contributed by atoms with E-state index in [1.54, 1.807) is 37.9 Å². The van der Waals surface area contributed by atoms with E-state index in [4.69, 9.17) is 0 Å². The summed E-state index contributed by atoms with van der Waals surface area (Å²) in [6.45, 7) is 3.52. The van der Waals surface area contributed by atoms with Crippen LogP contribution in [0, 0.1) is 0 Å². The summed E-state index contributed by atoms with van der Waals surface area (Å²) in [6.07, 6.45) is 5.79. The lowest BCUT2D eigenvalue weighted by Gasteiger charge is -2.12. The lowest BCUT2D eigenvalue weighted by Crippen LogP contribution is -2.42. The van der Waals surface area contributed by atoms with Crippen LogP contribution in [0.15, 0.2) is 35.8 Å². The van der Waals surface area contributed by atoms with Crippen LogP contribution in [0.25, 0.3) is 0 Å². The van der Waals surface area contributed by atoms with Crippen LogP contribution in [0.1, 0.15) is 12.7 Å². The molecule has 0 unspecified atom stereocenters. The van der Waals surface area contributed by atoms with E-state index in [1.165, 1.54) is 0 Å². The molecule has 25 heavy (non-hydrogen) atoms. The van der Waals surface area contributed by atoms with Crippen molar-refractivity contribution < 1.29 is 4.79 Å². The Morgan fingerprint density at radius 3 is 2.88 bits per heavy atom. The second kappa shape index (κ2) is 11.3. The average Bonchev–Trinajstić information content (AvgIpc) is 3.06. The minimum atomic E-state index is -0.168. The number of pyridine rings is 1. The molecule has 3 N–H and O–H groups in total. The molecule has 0 fully saturated rings. The van der Waals surface area contributed by atoms with E-state index in [1.807, 2.05) is 11.5 Å². The molecule has 10 heteroatoms. The number of carbonyl (C=O) groups is 1. The number of guanidine groups is 1. The van der Waals surface area contributed by atoms with E-state index in [0.29, 0.717) is 18.2 Å². The number of aliphatic imine (C=N–C) groups is 1. The summed E-state index contributed by atoms with van der Waals surface area (Å²) < 4.78 is 1.98. The van der Waals surface area contributed by atoms with E-state index in [2.05, 4.69) is 36.1 Å².